The molecule has 0 saturated heterocycles. The van der Waals surface area contributed by atoms with Gasteiger partial charge >= 0.3 is 0 Å². The monoisotopic (exact) mass is 365 g/mol. The highest BCUT2D eigenvalue weighted by Crippen LogP contribution is 2.23. The number of rotatable bonds is 4. The Hall–Kier alpha value is -3.45. The molecule has 130 valence electrons. The van der Waals surface area contributed by atoms with Crippen LogP contribution in [0.2, 0.25) is 0 Å². The van der Waals surface area contributed by atoms with Crippen LogP contribution in [0.15, 0.2) is 77.7 Å². The SMILES string of the molecule is O=C(NC(=S)Nc1cccc(Oc2ccccc2)c1)c1ccc[nH]c1=O. The fourth-order valence-electron chi connectivity index (χ4n) is 2.20. The van der Waals surface area contributed by atoms with Crippen molar-refractivity contribution in [3.63, 3.8) is 0 Å². The second-order valence-electron chi connectivity index (χ2n) is 5.26. The molecule has 0 fully saturated rings. The first-order valence-electron chi connectivity index (χ1n) is 7.75. The quantitative estimate of drug-likeness (QED) is 0.618. The topological polar surface area (TPSA) is 83.2 Å². The molecule has 0 atom stereocenters. The minimum Gasteiger partial charge on any atom is -0.457 e. The summed E-state index contributed by atoms with van der Waals surface area (Å²) in [6.07, 6.45) is 1.45. The summed E-state index contributed by atoms with van der Waals surface area (Å²) in [6, 6.07) is 19.5. The molecule has 0 saturated carbocycles. The summed E-state index contributed by atoms with van der Waals surface area (Å²) < 4.78 is 5.75. The molecular weight excluding hydrogens is 350 g/mol. The molecule has 0 aliphatic carbocycles. The second-order valence-corrected chi connectivity index (χ2v) is 5.67. The molecule has 1 amide bonds. The molecule has 3 rings (SSSR count). The number of para-hydroxylation sites is 1. The van der Waals surface area contributed by atoms with E-state index in [1.54, 1.807) is 24.3 Å². The Bertz CT molecular complexity index is 986. The summed E-state index contributed by atoms with van der Waals surface area (Å²) in [5, 5.41) is 5.45. The first kappa shape index (κ1) is 17.4. The zero-order valence-electron chi connectivity index (χ0n) is 13.6. The van der Waals surface area contributed by atoms with Crippen molar-refractivity contribution in [2.45, 2.75) is 0 Å². The minimum absolute atomic E-state index is 0.0159. The smallest absolute Gasteiger partial charge is 0.263 e. The van der Waals surface area contributed by atoms with Crippen LogP contribution in [0.3, 0.4) is 0 Å². The molecule has 0 bridgehead atoms. The van der Waals surface area contributed by atoms with Gasteiger partial charge in [-0.05, 0) is 48.6 Å². The van der Waals surface area contributed by atoms with Crippen molar-refractivity contribution < 1.29 is 9.53 Å². The largest absolute Gasteiger partial charge is 0.457 e. The summed E-state index contributed by atoms with van der Waals surface area (Å²) in [6.45, 7) is 0. The van der Waals surface area contributed by atoms with Crippen LogP contribution < -0.4 is 20.9 Å². The average Bonchev–Trinajstić information content (AvgIpc) is 2.63. The number of carbonyl (C=O) groups excluding carboxylic acids is 1. The highest BCUT2D eigenvalue weighted by atomic mass is 32.1. The van der Waals surface area contributed by atoms with Gasteiger partial charge in [-0.1, -0.05) is 24.3 Å². The Kier molecular flexibility index (Phi) is 5.40. The van der Waals surface area contributed by atoms with Gasteiger partial charge in [-0.2, -0.15) is 0 Å². The molecule has 0 unspecified atom stereocenters. The van der Waals surface area contributed by atoms with Crippen LogP contribution in [0, 0.1) is 0 Å². The van der Waals surface area contributed by atoms with Crippen molar-refractivity contribution in [2.75, 3.05) is 5.32 Å². The number of ether oxygens (including phenoxy) is 1. The average molecular weight is 365 g/mol. The van der Waals surface area contributed by atoms with Gasteiger partial charge in [0.1, 0.15) is 17.1 Å². The van der Waals surface area contributed by atoms with Crippen molar-refractivity contribution in [3.8, 4) is 11.5 Å². The molecule has 0 aliphatic heterocycles. The Morgan fingerprint density at radius 1 is 0.962 bits per heavy atom. The predicted octanol–water partition coefficient (Wildman–Crippen LogP) is 3.29. The fourth-order valence-corrected chi connectivity index (χ4v) is 2.41. The number of nitrogens with one attached hydrogen (secondary N) is 3. The van der Waals surface area contributed by atoms with Gasteiger partial charge in [0.05, 0.1) is 0 Å². The van der Waals surface area contributed by atoms with E-state index >= 15 is 0 Å². The Morgan fingerprint density at radius 3 is 2.50 bits per heavy atom. The third kappa shape index (κ3) is 4.55. The van der Waals surface area contributed by atoms with Crippen molar-refractivity contribution in [1.29, 1.82) is 0 Å². The van der Waals surface area contributed by atoms with Crippen molar-refractivity contribution in [1.82, 2.24) is 10.3 Å². The van der Waals surface area contributed by atoms with E-state index in [0.29, 0.717) is 17.2 Å². The standard InChI is InChI=1S/C19H15N3O3S/c23-17-16(10-5-11-20-17)18(24)22-19(26)21-13-6-4-9-15(12-13)25-14-7-2-1-3-8-14/h1-12H,(H,20,23)(H2,21,22,24,26). The van der Waals surface area contributed by atoms with E-state index in [0.717, 1.165) is 0 Å². The van der Waals surface area contributed by atoms with Gasteiger partial charge in [0, 0.05) is 18.0 Å². The van der Waals surface area contributed by atoms with Crippen LogP contribution in [0.1, 0.15) is 10.4 Å². The van der Waals surface area contributed by atoms with Crippen LogP contribution in [0.5, 0.6) is 11.5 Å². The Morgan fingerprint density at radius 2 is 1.73 bits per heavy atom. The zero-order chi connectivity index (χ0) is 18.4. The highest BCUT2D eigenvalue weighted by molar-refractivity contribution is 7.80. The first-order chi connectivity index (χ1) is 12.6. The van der Waals surface area contributed by atoms with Crippen molar-refractivity contribution in [3.05, 3.63) is 88.8 Å². The van der Waals surface area contributed by atoms with Gasteiger partial charge in [-0.3, -0.25) is 14.9 Å². The van der Waals surface area contributed by atoms with E-state index in [-0.39, 0.29) is 10.7 Å². The maximum atomic E-state index is 12.1. The molecular formula is C19H15N3O3S. The third-order valence-electron chi connectivity index (χ3n) is 3.36. The molecule has 0 radical (unpaired) electrons. The van der Waals surface area contributed by atoms with E-state index < -0.39 is 11.5 Å². The summed E-state index contributed by atoms with van der Waals surface area (Å²) in [7, 11) is 0. The molecule has 1 aromatic heterocycles. The van der Waals surface area contributed by atoms with E-state index in [1.807, 2.05) is 36.4 Å². The number of hydrogen-bond donors (Lipinski definition) is 3. The van der Waals surface area contributed by atoms with E-state index in [9.17, 15) is 9.59 Å². The van der Waals surface area contributed by atoms with Gasteiger partial charge in [0.2, 0.25) is 0 Å². The van der Waals surface area contributed by atoms with E-state index in [1.165, 1.54) is 12.3 Å². The van der Waals surface area contributed by atoms with E-state index in [4.69, 9.17) is 17.0 Å². The number of aromatic nitrogens is 1. The number of thiocarbonyl (C=S) groups is 1. The Labute approximate surface area is 154 Å². The normalized spacial score (nSPS) is 10.0. The highest BCUT2D eigenvalue weighted by Gasteiger charge is 2.11. The van der Waals surface area contributed by atoms with Gasteiger partial charge < -0.3 is 15.0 Å². The number of anilines is 1. The maximum Gasteiger partial charge on any atom is 0.263 e. The summed E-state index contributed by atoms with van der Waals surface area (Å²) in [4.78, 5) is 26.2. The van der Waals surface area contributed by atoms with Crippen molar-refractivity contribution in [2.24, 2.45) is 0 Å². The van der Waals surface area contributed by atoms with Crippen LogP contribution in [0.4, 0.5) is 5.69 Å². The predicted molar refractivity (Wildman–Crippen MR) is 104 cm³/mol. The molecule has 0 aliphatic rings. The van der Waals surface area contributed by atoms with Crippen LogP contribution in [-0.4, -0.2) is 16.0 Å². The van der Waals surface area contributed by atoms with Crippen LogP contribution in [-0.2, 0) is 0 Å². The van der Waals surface area contributed by atoms with Gasteiger partial charge in [0.25, 0.3) is 11.5 Å². The maximum absolute atomic E-state index is 12.1. The van der Waals surface area contributed by atoms with E-state index in [2.05, 4.69) is 15.6 Å². The van der Waals surface area contributed by atoms with Crippen LogP contribution in [0.25, 0.3) is 0 Å². The van der Waals surface area contributed by atoms with Crippen molar-refractivity contribution >= 4 is 28.9 Å². The Balaban J connectivity index is 1.64. The lowest BCUT2D eigenvalue weighted by molar-refractivity contribution is 0.0976. The molecule has 3 aromatic rings. The molecule has 26 heavy (non-hydrogen) atoms. The molecule has 2 aromatic carbocycles. The zero-order valence-corrected chi connectivity index (χ0v) is 14.4. The van der Waals surface area contributed by atoms with Gasteiger partial charge in [-0.25, -0.2) is 0 Å². The lowest BCUT2D eigenvalue weighted by atomic mass is 10.2. The lowest BCUT2D eigenvalue weighted by Gasteiger charge is -2.11. The van der Waals surface area contributed by atoms with Gasteiger partial charge in [-0.15, -0.1) is 0 Å². The number of hydrogen-bond acceptors (Lipinski definition) is 4. The number of carbonyl (C=O) groups is 1. The molecule has 3 N–H and O–H groups in total. The summed E-state index contributed by atoms with van der Waals surface area (Å²) in [5.74, 6) is 0.750. The molecule has 0 spiro atoms. The second kappa shape index (κ2) is 8.09. The fraction of sp³-hybridized carbons (Fsp3) is 0. The number of pyridine rings is 1. The number of amides is 1. The minimum atomic E-state index is -0.582. The lowest BCUT2D eigenvalue weighted by Crippen LogP contribution is -2.36. The first-order valence-corrected chi connectivity index (χ1v) is 8.15. The molecule has 1 heterocycles. The summed E-state index contributed by atoms with van der Waals surface area (Å²) >= 11 is 5.13. The van der Waals surface area contributed by atoms with Crippen LogP contribution >= 0.6 is 12.2 Å². The number of benzene rings is 2. The molecule has 6 nitrogen and oxygen atoms in total. The molecule has 7 heteroatoms. The van der Waals surface area contributed by atoms with Gasteiger partial charge in [0.15, 0.2) is 5.11 Å². The number of H-pyrrole nitrogens is 1. The summed E-state index contributed by atoms with van der Waals surface area (Å²) in [5.41, 5.74) is 0.148. The number of aromatic amines is 1. The third-order valence-corrected chi connectivity index (χ3v) is 3.56.